The monoisotopic (exact) mass is 307 g/mol. The van der Waals surface area contributed by atoms with Crippen molar-refractivity contribution in [1.29, 1.82) is 0 Å². The van der Waals surface area contributed by atoms with Crippen LogP contribution in [0.4, 0.5) is 11.4 Å². The lowest BCUT2D eigenvalue weighted by atomic mass is 10.2. The highest BCUT2D eigenvalue weighted by Gasteiger charge is 2.14. The summed E-state index contributed by atoms with van der Waals surface area (Å²) in [6.45, 7) is 4.48. The fourth-order valence-corrected chi connectivity index (χ4v) is 2.48. The minimum Gasteiger partial charge on any atom is -0.493 e. The van der Waals surface area contributed by atoms with Gasteiger partial charge in [0.15, 0.2) is 0 Å². The van der Waals surface area contributed by atoms with E-state index in [0.717, 1.165) is 11.4 Å². The maximum Gasteiger partial charge on any atom is 0.275 e. The average molecular weight is 307 g/mol. The number of nitrogens with zero attached hydrogens (tertiary/aromatic N) is 2. The van der Waals surface area contributed by atoms with Crippen molar-refractivity contribution in [3.8, 4) is 5.75 Å². The number of anilines is 1. The third kappa shape index (κ3) is 4.16. The average Bonchev–Trinajstić information content (AvgIpc) is 2.99. The van der Waals surface area contributed by atoms with Crippen LogP contribution in [0.15, 0.2) is 29.8 Å². The van der Waals surface area contributed by atoms with Crippen LogP contribution in [0.1, 0.15) is 31.3 Å². The molecule has 1 aromatic heterocycles. The van der Waals surface area contributed by atoms with Crippen LogP contribution in [0.5, 0.6) is 5.75 Å². The number of nitro groups is 1. The SMILES string of the molecule is CCCOc1cc(NC(C)c2nccs2)cc([N+](=O)[O-])c1. The molecule has 0 saturated heterocycles. The van der Waals surface area contributed by atoms with Gasteiger partial charge in [-0.05, 0) is 13.3 Å². The molecule has 0 amide bonds. The molecule has 0 radical (unpaired) electrons. The number of nitro benzene ring substituents is 1. The van der Waals surface area contributed by atoms with Crippen LogP contribution in [0, 0.1) is 10.1 Å². The number of aromatic nitrogens is 1. The van der Waals surface area contributed by atoms with Gasteiger partial charge in [-0.2, -0.15) is 0 Å². The van der Waals surface area contributed by atoms with Crippen molar-refractivity contribution in [2.45, 2.75) is 26.3 Å². The summed E-state index contributed by atoms with van der Waals surface area (Å²) in [5.74, 6) is 0.500. The van der Waals surface area contributed by atoms with E-state index in [1.54, 1.807) is 23.6 Å². The van der Waals surface area contributed by atoms with Crippen molar-refractivity contribution in [2.75, 3.05) is 11.9 Å². The third-order valence-corrected chi connectivity index (χ3v) is 3.74. The topological polar surface area (TPSA) is 77.3 Å². The maximum atomic E-state index is 11.0. The van der Waals surface area contributed by atoms with Crippen LogP contribution in [0.2, 0.25) is 0 Å². The zero-order valence-electron chi connectivity index (χ0n) is 11.9. The number of hydrogen-bond acceptors (Lipinski definition) is 6. The van der Waals surface area contributed by atoms with E-state index in [2.05, 4.69) is 10.3 Å². The van der Waals surface area contributed by atoms with Crippen LogP contribution in [-0.4, -0.2) is 16.5 Å². The Kier molecular flexibility index (Phi) is 5.10. The Balaban J connectivity index is 2.20. The molecule has 1 aromatic carbocycles. The first-order valence-corrected chi connectivity index (χ1v) is 7.56. The fourth-order valence-electron chi connectivity index (χ4n) is 1.84. The van der Waals surface area contributed by atoms with Gasteiger partial charge in [0.25, 0.3) is 5.69 Å². The number of thiazole rings is 1. The van der Waals surface area contributed by atoms with Gasteiger partial charge < -0.3 is 10.1 Å². The van der Waals surface area contributed by atoms with Crippen LogP contribution >= 0.6 is 11.3 Å². The number of hydrogen-bond donors (Lipinski definition) is 1. The number of benzene rings is 1. The molecule has 0 spiro atoms. The molecule has 21 heavy (non-hydrogen) atoms. The second-order valence-corrected chi connectivity index (χ2v) is 5.48. The van der Waals surface area contributed by atoms with Gasteiger partial charge >= 0.3 is 0 Å². The van der Waals surface area contributed by atoms with Gasteiger partial charge in [-0.25, -0.2) is 4.98 Å². The summed E-state index contributed by atoms with van der Waals surface area (Å²) in [7, 11) is 0. The first kappa shape index (κ1) is 15.2. The van der Waals surface area contributed by atoms with Crippen molar-refractivity contribution in [1.82, 2.24) is 4.98 Å². The van der Waals surface area contributed by atoms with Gasteiger partial charge in [-0.3, -0.25) is 10.1 Å². The van der Waals surface area contributed by atoms with Gasteiger partial charge in [0, 0.05) is 29.4 Å². The number of nitrogens with one attached hydrogen (secondary N) is 1. The normalized spacial score (nSPS) is 11.9. The standard InChI is InChI=1S/C14H17N3O3S/c1-3-5-20-13-8-11(7-12(9-13)17(18)19)16-10(2)14-15-4-6-21-14/h4,6-10,16H,3,5H2,1-2H3. The molecule has 0 aliphatic carbocycles. The maximum absolute atomic E-state index is 11.0. The van der Waals surface area contributed by atoms with Crippen molar-refractivity contribution >= 4 is 22.7 Å². The fraction of sp³-hybridized carbons (Fsp3) is 0.357. The van der Waals surface area contributed by atoms with Crippen LogP contribution < -0.4 is 10.1 Å². The van der Waals surface area contributed by atoms with E-state index in [-0.39, 0.29) is 11.7 Å². The lowest BCUT2D eigenvalue weighted by Crippen LogP contribution is -2.07. The highest BCUT2D eigenvalue weighted by Crippen LogP contribution is 2.29. The molecular weight excluding hydrogens is 290 g/mol. The van der Waals surface area contributed by atoms with E-state index < -0.39 is 4.92 Å². The highest BCUT2D eigenvalue weighted by atomic mass is 32.1. The van der Waals surface area contributed by atoms with Crippen LogP contribution in [0.25, 0.3) is 0 Å². The Hall–Kier alpha value is -2.15. The predicted molar refractivity (Wildman–Crippen MR) is 83.0 cm³/mol. The van der Waals surface area contributed by atoms with E-state index in [4.69, 9.17) is 4.74 Å². The van der Waals surface area contributed by atoms with Gasteiger partial charge in [-0.1, -0.05) is 6.92 Å². The van der Waals surface area contributed by atoms with Gasteiger partial charge in [0.2, 0.25) is 0 Å². The summed E-state index contributed by atoms with van der Waals surface area (Å²) in [5.41, 5.74) is 0.662. The summed E-state index contributed by atoms with van der Waals surface area (Å²) in [5, 5.41) is 17.1. The van der Waals surface area contributed by atoms with Gasteiger partial charge in [0.05, 0.1) is 23.6 Å². The second kappa shape index (κ2) is 7.03. The lowest BCUT2D eigenvalue weighted by molar-refractivity contribution is -0.384. The zero-order chi connectivity index (χ0) is 15.2. The van der Waals surface area contributed by atoms with Crippen molar-refractivity contribution < 1.29 is 9.66 Å². The molecule has 2 rings (SSSR count). The Labute approximate surface area is 126 Å². The van der Waals surface area contributed by atoms with E-state index in [1.165, 1.54) is 12.1 Å². The highest BCUT2D eigenvalue weighted by molar-refractivity contribution is 7.09. The molecule has 1 unspecified atom stereocenters. The summed E-state index contributed by atoms with van der Waals surface area (Å²) in [4.78, 5) is 14.8. The molecule has 0 bridgehead atoms. The molecule has 0 aliphatic rings. The van der Waals surface area contributed by atoms with Crippen molar-refractivity contribution in [3.63, 3.8) is 0 Å². The molecule has 1 N–H and O–H groups in total. The third-order valence-electron chi connectivity index (χ3n) is 2.78. The summed E-state index contributed by atoms with van der Waals surface area (Å²) >= 11 is 1.54. The minimum atomic E-state index is -0.419. The molecule has 7 heteroatoms. The Morgan fingerprint density at radius 3 is 2.90 bits per heavy atom. The molecule has 2 aromatic rings. The zero-order valence-corrected chi connectivity index (χ0v) is 12.7. The molecule has 1 atom stereocenters. The molecular formula is C14H17N3O3S. The predicted octanol–water partition coefficient (Wildman–Crippen LogP) is 4.01. The van der Waals surface area contributed by atoms with Crippen molar-refractivity contribution in [3.05, 3.63) is 44.9 Å². The first-order valence-electron chi connectivity index (χ1n) is 6.68. The Morgan fingerprint density at radius 2 is 2.29 bits per heavy atom. The van der Waals surface area contributed by atoms with E-state index in [0.29, 0.717) is 18.0 Å². The summed E-state index contributed by atoms with van der Waals surface area (Å²) in [6, 6.07) is 4.69. The molecule has 0 aliphatic heterocycles. The van der Waals surface area contributed by atoms with E-state index in [1.807, 2.05) is 19.2 Å². The molecule has 0 fully saturated rings. The number of ether oxygens (including phenoxy) is 1. The van der Waals surface area contributed by atoms with Gasteiger partial charge in [-0.15, -0.1) is 11.3 Å². The first-order chi connectivity index (χ1) is 10.1. The quantitative estimate of drug-likeness (QED) is 0.617. The molecule has 1 heterocycles. The van der Waals surface area contributed by atoms with E-state index >= 15 is 0 Å². The van der Waals surface area contributed by atoms with Gasteiger partial charge in [0.1, 0.15) is 10.8 Å². The summed E-state index contributed by atoms with van der Waals surface area (Å²) < 4.78 is 5.50. The van der Waals surface area contributed by atoms with Crippen LogP contribution in [0.3, 0.4) is 0 Å². The number of non-ortho nitro benzene ring substituents is 1. The molecule has 6 nitrogen and oxygen atoms in total. The second-order valence-electron chi connectivity index (χ2n) is 4.56. The largest absolute Gasteiger partial charge is 0.493 e. The Morgan fingerprint density at radius 1 is 1.48 bits per heavy atom. The molecule has 112 valence electrons. The summed E-state index contributed by atoms with van der Waals surface area (Å²) in [6.07, 6.45) is 2.59. The smallest absolute Gasteiger partial charge is 0.275 e. The van der Waals surface area contributed by atoms with Crippen molar-refractivity contribution in [2.24, 2.45) is 0 Å². The van der Waals surface area contributed by atoms with Crippen LogP contribution in [-0.2, 0) is 0 Å². The minimum absolute atomic E-state index is 0.0115. The Bertz CT molecular complexity index is 602. The number of rotatable bonds is 7. The lowest BCUT2D eigenvalue weighted by Gasteiger charge is -2.14. The van der Waals surface area contributed by atoms with E-state index in [9.17, 15) is 10.1 Å². The molecule has 0 saturated carbocycles.